The summed E-state index contributed by atoms with van der Waals surface area (Å²) in [6.07, 6.45) is 0. The summed E-state index contributed by atoms with van der Waals surface area (Å²) in [6.45, 7) is 1.65. The van der Waals surface area contributed by atoms with Gasteiger partial charge >= 0.3 is 0 Å². The molecule has 170 valence electrons. The molecule has 10 nitrogen and oxygen atoms in total. The van der Waals surface area contributed by atoms with Crippen LogP contribution in [0.3, 0.4) is 0 Å². The summed E-state index contributed by atoms with van der Waals surface area (Å²) in [5.74, 6) is 0.251. The number of nitrogens with zero attached hydrogens (tertiary/aromatic N) is 3. The Bertz CT molecular complexity index is 1490. The number of thioether (sulfide) groups is 1. The highest BCUT2D eigenvalue weighted by molar-refractivity contribution is 7.99. The van der Waals surface area contributed by atoms with E-state index in [0.717, 1.165) is 11.8 Å². The lowest BCUT2D eigenvalue weighted by Gasteiger charge is -2.10. The predicted octanol–water partition coefficient (Wildman–Crippen LogP) is 2.76. The van der Waals surface area contributed by atoms with E-state index in [-0.39, 0.29) is 27.9 Å². The first kappa shape index (κ1) is 22.6. The Labute approximate surface area is 193 Å². The molecule has 2 aromatic heterocycles. The van der Waals surface area contributed by atoms with E-state index >= 15 is 0 Å². The number of rotatable bonds is 7. The van der Waals surface area contributed by atoms with Gasteiger partial charge in [0.2, 0.25) is 5.91 Å². The second-order valence-corrected chi connectivity index (χ2v) is 9.69. The van der Waals surface area contributed by atoms with Crippen molar-refractivity contribution in [1.29, 1.82) is 0 Å². The molecule has 1 amide bonds. The Morgan fingerprint density at radius 1 is 1.15 bits per heavy atom. The number of anilines is 2. The molecule has 4 rings (SSSR count). The number of sulfonamides is 1. The van der Waals surface area contributed by atoms with Gasteiger partial charge in [-0.05, 0) is 43.3 Å². The van der Waals surface area contributed by atoms with Crippen molar-refractivity contribution in [3.8, 4) is 0 Å². The fourth-order valence-corrected chi connectivity index (χ4v) is 4.74. The maximum Gasteiger partial charge on any atom is 0.263 e. The van der Waals surface area contributed by atoms with Crippen LogP contribution in [0.2, 0.25) is 0 Å². The van der Waals surface area contributed by atoms with Gasteiger partial charge in [-0.25, -0.2) is 13.4 Å². The smallest absolute Gasteiger partial charge is 0.263 e. The third kappa shape index (κ3) is 5.07. The molecule has 2 heterocycles. The van der Waals surface area contributed by atoms with Crippen molar-refractivity contribution in [2.24, 2.45) is 7.05 Å². The quantitative estimate of drug-likeness (QED) is 0.301. The first-order valence-corrected chi connectivity index (χ1v) is 12.1. The maximum atomic E-state index is 12.5. The molecule has 0 saturated heterocycles. The van der Waals surface area contributed by atoms with Gasteiger partial charge in [0.25, 0.3) is 15.6 Å². The molecule has 2 aromatic carbocycles. The first-order valence-electron chi connectivity index (χ1n) is 9.67. The zero-order chi connectivity index (χ0) is 23.6. The highest BCUT2D eigenvalue weighted by atomic mass is 32.2. The Morgan fingerprint density at radius 3 is 2.58 bits per heavy atom. The Hall–Kier alpha value is -3.64. The lowest BCUT2D eigenvalue weighted by Crippen LogP contribution is -2.21. The van der Waals surface area contributed by atoms with E-state index < -0.39 is 10.0 Å². The fourth-order valence-electron chi connectivity index (χ4n) is 2.98. The topological polar surface area (TPSA) is 136 Å². The average molecular weight is 486 g/mol. The van der Waals surface area contributed by atoms with Gasteiger partial charge in [-0.3, -0.25) is 18.9 Å². The predicted molar refractivity (Wildman–Crippen MR) is 125 cm³/mol. The summed E-state index contributed by atoms with van der Waals surface area (Å²) in [4.78, 5) is 29.3. The molecular weight excluding hydrogens is 466 g/mol. The minimum atomic E-state index is -3.85. The van der Waals surface area contributed by atoms with Crippen LogP contribution in [0.15, 0.2) is 74.0 Å². The molecule has 0 fully saturated rings. The van der Waals surface area contributed by atoms with Gasteiger partial charge in [0, 0.05) is 18.8 Å². The van der Waals surface area contributed by atoms with Crippen LogP contribution in [0.1, 0.15) is 5.76 Å². The van der Waals surface area contributed by atoms with E-state index in [1.165, 1.54) is 34.9 Å². The van der Waals surface area contributed by atoms with E-state index in [0.29, 0.717) is 27.5 Å². The number of carbonyl (C=O) groups excluding carboxylic acids is 1. The highest BCUT2D eigenvalue weighted by Crippen LogP contribution is 2.20. The van der Waals surface area contributed by atoms with E-state index in [1.807, 2.05) is 0 Å². The average Bonchev–Trinajstić information content (AvgIpc) is 3.19. The van der Waals surface area contributed by atoms with Gasteiger partial charge < -0.3 is 9.84 Å². The van der Waals surface area contributed by atoms with Crippen molar-refractivity contribution >= 4 is 50.1 Å². The number of hydrogen-bond acceptors (Lipinski definition) is 8. The van der Waals surface area contributed by atoms with Crippen molar-refractivity contribution in [2.75, 3.05) is 15.8 Å². The summed E-state index contributed by atoms with van der Waals surface area (Å²) in [5, 5.41) is 7.24. The molecule has 33 heavy (non-hydrogen) atoms. The largest absolute Gasteiger partial charge is 0.360 e. The Kier molecular flexibility index (Phi) is 6.20. The van der Waals surface area contributed by atoms with Gasteiger partial charge in [0.15, 0.2) is 11.0 Å². The molecule has 0 bridgehead atoms. The second-order valence-electron chi connectivity index (χ2n) is 7.07. The number of nitrogens with one attached hydrogen (secondary N) is 2. The monoisotopic (exact) mass is 485 g/mol. The van der Waals surface area contributed by atoms with Crippen LogP contribution in [-0.4, -0.2) is 34.8 Å². The van der Waals surface area contributed by atoms with Crippen molar-refractivity contribution in [1.82, 2.24) is 14.7 Å². The number of amides is 1. The van der Waals surface area contributed by atoms with E-state index in [9.17, 15) is 18.0 Å². The number of carbonyl (C=O) groups is 1. The van der Waals surface area contributed by atoms with Crippen LogP contribution in [0.25, 0.3) is 10.9 Å². The first-order chi connectivity index (χ1) is 15.7. The third-order valence-electron chi connectivity index (χ3n) is 4.59. The lowest BCUT2D eigenvalue weighted by molar-refractivity contribution is -0.113. The summed E-state index contributed by atoms with van der Waals surface area (Å²) < 4.78 is 33.4. The molecule has 0 atom stereocenters. The van der Waals surface area contributed by atoms with Crippen molar-refractivity contribution in [3.05, 3.63) is 70.7 Å². The second kappa shape index (κ2) is 9.08. The molecule has 2 N–H and O–H groups in total. The van der Waals surface area contributed by atoms with Crippen molar-refractivity contribution in [2.45, 2.75) is 17.0 Å². The SMILES string of the molecule is Cc1cc(NS(=O)(=O)c2ccc(NC(=O)CSc3nc4ccccc4c(=O)n3C)cc2)no1. The molecule has 0 aliphatic carbocycles. The molecule has 0 saturated carbocycles. The Balaban J connectivity index is 1.40. The van der Waals surface area contributed by atoms with Crippen LogP contribution >= 0.6 is 11.8 Å². The molecule has 0 unspecified atom stereocenters. The normalized spacial score (nSPS) is 11.5. The third-order valence-corrected chi connectivity index (χ3v) is 6.99. The van der Waals surface area contributed by atoms with E-state index in [2.05, 4.69) is 20.2 Å². The number of benzene rings is 2. The summed E-state index contributed by atoms with van der Waals surface area (Å²) >= 11 is 1.13. The number of aryl methyl sites for hydroxylation is 1. The van der Waals surface area contributed by atoms with E-state index in [4.69, 9.17) is 4.52 Å². The fraction of sp³-hybridized carbons (Fsp3) is 0.143. The van der Waals surface area contributed by atoms with Gasteiger partial charge in [-0.15, -0.1) is 0 Å². The molecular formula is C21H19N5O5S2. The summed E-state index contributed by atoms with van der Waals surface area (Å²) in [5.41, 5.74) is 0.807. The summed E-state index contributed by atoms with van der Waals surface area (Å²) in [6, 6.07) is 14.2. The molecule has 12 heteroatoms. The van der Waals surface area contributed by atoms with E-state index in [1.54, 1.807) is 38.2 Å². The number of aromatic nitrogens is 3. The highest BCUT2D eigenvalue weighted by Gasteiger charge is 2.17. The van der Waals surface area contributed by atoms with Crippen LogP contribution in [-0.2, 0) is 21.9 Å². The molecule has 4 aromatic rings. The molecule has 0 aliphatic heterocycles. The van der Waals surface area contributed by atoms with Crippen LogP contribution in [0, 0.1) is 6.92 Å². The van der Waals surface area contributed by atoms with Crippen molar-refractivity contribution in [3.63, 3.8) is 0 Å². The van der Waals surface area contributed by atoms with Crippen LogP contribution in [0.5, 0.6) is 0 Å². The van der Waals surface area contributed by atoms with Crippen LogP contribution < -0.4 is 15.6 Å². The number of para-hydroxylation sites is 1. The number of fused-ring (bicyclic) bond motifs is 1. The van der Waals surface area contributed by atoms with Gasteiger partial charge in [0.1, 0.15) is 5.76 Å². The Morgan fingerprint density at radius 2 is 1.88 bits per heavy atom. The minimum Gasteiger partial charge on any atom is -0.360 e. The number of hydrogen-bond donors (Lipinski definition) is 2. The molecule has 0 aliphatic rings. The minimum absolute atomic E-state index is 0.00545. The van der Waals surface area contributed by atoms with Crippen molar-refractivity contribution < 1.29 is 17.7 Å². The van der Waals surface area contributed by atoms with Gasteiger partial charge in [0.05, 0.1) is 21.6 Å². The standard InChI is InChI=1S/C21H19N5O5S2/c1-13-11-18(24-31-13)25-33(29,30)15-9-7-14(8-10-15)22-19(27)12-32-21-23-17-6-4-3-5-16(17)20(28)26(21)2/h3-11H,12H2,1-2H3,(H,22,27)(H,24,25). The maximum absolute atomic E-state index is 12.5. The van der Waals surface area contributed by atoms with Gasteiger partial charge in [-0.2, -0.15) is 0 Å². The zero-order valence-corrected chi connectivity index (χ0v) is 19.2. The summed E-state index contributed by atoms with van der Waals surface area (Å²) in [7, 11) is -2.24. The lowest BCUT2D eigenvalue weighted by atomic mass is 10.2. The van der Waals surface area contributed by atoms with Gasteiger partial charge in [-0.1, -0.05) is 29.1 Å². The zero-order valence-electron chi connectivity index (χ0n) is 17.6. The molecule has 0 radical (unpaired) electrons. The molecule has 0 spiro atoms. The van der Waals surface area contributed by atoms with Crippen LogP contribution in [0.4, 0.5) is 11.5 Å².